The minimum atomic E-state index is -1.20. The number of carbonyl (C=O) groups excluding carboxylic acids is 1. The molecule has 0 bridgehead atoms. The molecule has 1 heterocycles. The summed E-state index contributed by atoms with van der Waals surface area (Å²) in [5, 5.41) is 11.6. The third-order valence-corrected chi connectivity index (χ3v) is 1.34. The molecule has 1 aliphatic rings. The molecule has 0 spiro atoms. The topological polar surface area (TPSA) is 49.3 Å². The van der Waals surface area contributed by atoms with Gasteiger partial charge < -0.3 is 10.4 Å². The quantitative estimate of drug-likeness (QED) is 0.472. The number of nitrogens with one attached hydrogen (secondary N) is 1. The van der Waals surface area contributed by atoms with Gasteiger partial charge in [-0.2, -0.15) is 0 Å². The molecule has 0 aromatic heterocycles. The first-order valence-electron chi connectivity index (χ1n) is 2.81. The molecule has 1 amide bonds. The SMILES string of the molecule is CC1(O)CC=CNC1=O. The van der Waals surface area contributed by atoms with Crippen molar-refractivity contribution in [3.63, 3.8) is 0 Å². The Morgan fingerprint density at radius 2 is 2.56 bits per heavy atom. The van der Waals surface area contributed by atoms with E-state index in [1.165, 1.54) is 6.92 Å². The fourth-order valence-electron chi connectivity index (χ4n) is 0.671. The third kappa shape index (κ3) is 1.10. The van der Waals surface area contributed by atoms with Crippen LogP contribution in [0.3, 0.4) is 0 Å². The molecular weight excluding hydrogens is 118 g/mol. The summed E-state index contributed by atoms with van der Waals surface area (Å²) < 4.78 is 0. The zero-order chi connectivity index (χ0) is 6.91. The van der Waals surface area contributed by atoms with Gasteiger partial charge in [-0.1, -0.05) is 6.08 Å². The number of amides is 1. The van der Waals surface area contributed by atoms with Gasteiger partial charge in [0.05, 0.1) is 0 Å². The number of hydrogen-bond donors (Lipinski definition) is 2. The van der Waals surface area contributed by atoms with Crippen LogP contribution in [0.15, 0.2) is 12.3 Å². The Kier molecular flexibility index (Phi) is 1.29. The Hall–Kier alpha value is -0.830. The zero-order valence-electron chi connectivity index (χ0n) is 5.22. The Labute approximate surface area is 53.4 Å². The van der Waals surface area contributed by atoms with Gasteiger partial charge in [-0.05, 0) is 13.1 Å². The lowest BCUT2D eigenvalue weighted by Gasteiger charge is -2.22. The summed E-state index contributed by atoms with van der Waals surface area (Å²) in [5.41, 5.74) is -1.20. The van der Waals surface area contributed by atoms with Crippen LogP contribution in [0.2, 0.25) is 0 Å². The van der Waals surface area contributed by atoms with E-state index >= 15 is 0 Å². The number of rotatable bonds is 0. The number of aliphatic hydroxyl groups is 1. The van der Waals surface area contributed by atoms with E-state index in [9.17, 15) is 9.90 Å². The van der Waals surface area contributed by atoms with Crippen LogP contribution in [-0.4, -0.2) is 16.6 Å². The summed E-state index contributed by atoms with van der Waals surface area (Å²) in [6.45, 7) is 1.49. The van der Waals surface area contributed by atoms with Gasteiger partial charge >= 0.3 is 0 Å². The molecule has 3 nitrogen and oxygen atoms in total. The predicted molar refractivity (Wildman–Crippen MR) is 32.5 cm³/mol. The van der Waals surface area contributed by atoms with Gasteiger partial charge in [0, 0.05) is 6.42 Å². The highest BCUT2D eigenvalue weighted by Gasteiger charge is 2.29. The summed E-state index contributed by atoms with van der Waals surface area (Å²) in [7, 11) is 0. The molecule has 0 fully saturated rings. The van der Waals surface area contributed by atoms with Crippen molar-refractivity contribution < 1.29 is 9.90 Å². The number of carbonyl (C=O) groups is 1. The van der Waals surface area contributed by atoms with E-state index in [0.717, 1.165) is 0 Å². The first kappa shape index (κ1) is 6.29. The third-order valence-electron chi connectivity index (χ3n) is 1.34. The van der Waals surface area contributed by atoms with E-state index in [0.29, 0.717) is 6.42 Å². The van der Waals surface area contributed by atoms with Crippen molar-refractivity contribution in [3.05, 3.63) is 12.3 Å². The van der Waals surface area contributed by atoms with Crippen molar-refractivity contribution in [3.8, 4) is 0 Å². The van der Waals surface area contributed by atoms with E-state index in [4.69, 9.17) is 0 Å². The lowest BCUT2D eigenvalue weighted by atomic mass is 10.00. The molecule has 3 heteroatoms. The van der Waals surface area contributed by atoms with Crippen molar-refractivity contribution in [2.45, 2.75) is 18.9 Å². The minimum absolute atomic E-state index is 0.329. The molecule has 0 aliphatic carbocycles. The minimum Gasteiger partial charge on any atom is -0.380 e. The lowest BCUT2D eigenvalue weighted by molar-refractivity contribution is -0.137. The van der Waals surface area contributed by atoms with Crippen LogP contribution in [0.4, 0.5) is 0 Å². The van der Waals surface area contributed by atoms with E-state index in [1.54, 1.807) is 12.3 Å². The van der Waals surface area contributed by atoms with Gasteiger partial charge in [-0.25, -0.2) is 0 Å². The maximum atomic E-state index is 10.7. The normalized spacial score (nSPS) is 34.2. The summed E-state index contributed by atoms with van der Waals surface area (Å²) in [4.78, 5) is 10.7. The van der Waals surface area contributed by atoms with E-state index in [-0.39, 0.29) is 5.91 Å². The van der Waals surface area contributed by atoms with E-state index < -0.39 is 5.60 Å². The summed E-state index contributed by atoms with van der Waals surface area (Å²) in [5.74, 6) is -0.329. The fourth-order valence-corrected chi connectivity index (χ4v) is 0.671. The monoisotopic (exact) mass is 127 g/mol. The molecule has 1 unspecified atom stereocenters. The van der Waals surface area contributed by atoms with Crippen molar-refractivity contribution in [1.82, 2.24) is 5.32 Å². The summed E-state index contributed by atoms with van der Waals surface area (Å²) in [6, 6.07) is 0. The van der Waals surface area contributed by atoms with Gasteiger partial charge in [0.1, 0.15) is 5.60 Å². The van der Waals surface area contributed by atoms with Gasteiger partial charge in [-0.15, -0.1) is 0 Å². The highest BCUT2D eigenvalue weighted by atomic mass is 16.3. The molecule has 0 saturated heterocycles. The Balaban J connectivity index is 2.76. The Morgan fingerprint density at radius 1 is 1.89 bits per heavy atom. The average Bonchev–Trinajstić information content (AvgIpc) is 1.77. The largest absolute Gasteiger partial charge is 0.380 e. The highest BCUT2D eigenvalue weighted by molar-refractivity contribution is 5.86. The molecule has 0 saturated carbocycles. The molecule has 9 heavy (non-hydrogen) atoms. The number of hydrogen-bond acceptors (Lipinski definition) is 2. The fraction of sp³-hybridized carbons (Fsp3) is 0.500. The van der Waals surface area contributed by atoms with Crippen molar-refractivity contribution in [2.75, 3.05) is 0 Å². The van der Waals surface area contributed by atoms with Crippen LogP contribution in [0.5, 0.6) is 0 Å². The van der Waals surface area contributed by atoms with Crippen LogP contribution in [0, 0.1) is 0 Å². The molecule has 1 rings (SSSR count). The first-order valence-corrected chi connectivity index (χ1v) is 2.81. The molecule has 0 aromatic carbocycles. The second-order valence-electron chi connectivity index (χ2n) is 2.35. The van der Waals surface area contributed by atoms with E-state index in [2.05, 4.69) is 5.32 Å². The van der Waals surface area contributed by atoms with Gasteiger partial charge in [-0.3, -0.25) is 4.79 Å². The predicted octanol–water partition coefficient (Wildman–Crippen LogP) is -0.229. The highest BCUT2D eigenvalue weighted by Crippen LogP contribution is 2.12. The Morgan fingerprint density at radius 3 is 2.89 bits per heavy atom. The van der Waals surface area contributed by atoms with Gasteiger partial charge in [0.15, 0.2) is 0 Å². The molecule has 50 valence electrons. The Bertz CT molecular complexity index is 160. The van der Waals surface area contributed by atoms with Gasteiger partial charge in [0.25, 0.3) is 5.91 Å². The molecule has 1 atom stereocenters. The van der Waals surface area contributed by atoms with Crippen LogP contribution < -0.4 is 5.32 Å². The van der Waals surface area contributed by atoms with Crippen LogP contribution in [-0.2, 0) is 4.79 Å². The second-order valence-corrected chi connectivity index (χ2v) is 2.35. The second kappa shape index (κ2) is 1.84. The maximum absolute atomic E-state index is 10.7. The molecule has 0 aromatic rings. The summed E-state index contributed by atoms with van der Waals surface area (Å²) in [6.07, 6.45) is 3.67. The maximum Gasteiger partial charge on any atom is 0.255 e. The van der Waals surface area contributed by atoms with Crippen LogP contribution >= 0.6 is 0 Å². The first-order chi connectivity index (χ1) is 4.13. The van der Waals surface area contributed by atoms with Crippen LogP contribution in [0.25, 0.3) is 0 Å². The average molecular weight is 127 g/mol. The van der Waals surface area contributed by atoms with Crippen molar-refractivity contribution in [2.24, 2.45) is 0 Å². The molecule has 0 radical (unpaired) electrons. The molecule has 2 N–H and O–H groups in total. The molecule has 1 aliphatic heterocycles. The summed E-state index contributed by atoms with van der Waals surface area (Å²) >= 11 is 0. The zero-order valence-corrected chi connectivity index (χ0v) is 5.22. The molecular formula is C6H9NO2. The standard InChI is InChI=1S/C6H9NO2/c1-6(9)3-2-4-7-5(6)8/h2,4,9H,3H2,1H3,(H,7,8). The smallest absolute Gasteiger partial charge is 0.255 e. The van der Waals surface area contributed by atoms with Crippen LogP contribution in [0.1, 0.15) is 13.3 Å². The van der Waals surface area contributed by atoms with E-state index in [1.807, 2.05) is 0 Å². The van der Waals surface area contributed by atoms with Gasteiger partial charge in [0.2, 0.25) is 0 Å². The lowest BCUT2D eigenvalue weighted by Crippen LogP contribution is -2.44. The van der Waals surface area contributed by atoms with Crippen molar-refractivity contribution >= 4 is 5.91 Å². The van der Waals surface area contributed by atoms with Crippen molar-refractivity contribution in [1.29, 1.82) is 0 Å².